The van der Waals surface area contributed by atoms with Crippen molar-refractivity contribution in [3.63, 3.8) is 0 Å². The molecule has 0 saturated heterocycles. The summed E-state index contributed by atoms with van der Waals surface area (Å²) in [6.45, 7) is 4.40. The summed E-state index contributed by atoms with van der Waals surface area (Å²) in [6.07, 6.45) is 3.25. The van der Waals surface area contributed by atoms with E-state index in [9.17, 15) is 9.50 Å². The topological polar surface area (TPSA) is 25.2 Å². The molecule has 1 N–H and O–H groups in total. The molecule has 2 rings (SSSR count). The van der Waals surface area contributed by atoms with Crippen LogP contribution in [-0.2, 0) is 6.54 Å². The monoisotopic (exact) mass is 325 g/mol. The molecule has 0 radical (unpaired) electrons. The average Bonchev–Trinajstić information content (AvgIpc) is 2.80. The van der Waals surface area contributed by atoms with Crippen molar-refractivity contribution in [3.8, 4) is 0 Å². The first-order valence-electron chi connectivity index (χ1n) is 6.25. The summed E-state index contributed by atoms with van der Waals surface area (Å²) >= 11 is 3.24. The zero-order chi connectivity index (χ0) is 14.0. The molecule has 0 aliphatic heterocycles. The fourth-order valence-corrected chi connectivity index (χ4v) is 2.30. The number of hydrogen-bond acceptors (Lipinski definition) is 1. The van der Waals surface area contributed by atoms with Gasteiger partial charge in [0.1, 0.15) is 5.82 Å². The molecule has 1 aromatic carbocycles. The van der Waals surface area contributed by atoms with E-state index in [0.29, 0.717) is 12.1 Å². The van der Waals surface area contributed by atoms with Crippen LogP contribution in [0.15, 0.2) is 41.1 Å². The number of aromatic nitrogens is 1. The largest absolute Gasteiger partial charge is 0.388 e. The summed E-state index contributed by atoms with van der Waals surface area (Å²) in [5.74, 6) is -0.0608. The van der Waals surface area contributed by atoms with Gasteiger partial charge in [0.05, 0.1) is 6.10 Å². The fourth-order valence-electron chi connectivity index (χ4n) is 1.96. The zero-order valence-corrected chi connectivity index (χ0v) is 12.6. The van der Waals surface area contributed by atoms with E-state index in [1.54, 1.807) is 6.07 Å². The van der Waals surface area contributed by atoms with Crippen molar-refractivity contribution >= 4 is 15.9 Å². The first-order valence-corrected chi connectivity index (χ1v) is 7.04. The van der Waals surface area contributed by atoms with Crippen LogP contribution in [-0.4, -0.2) is 9.67 Å². The first kappa shape index (κ1) is 14.3. The van der Waals surface area contributed by atoms with Crippen molar-refractivity contribution in [3.05, 3.63) is 58.1 Å². The van der Waals surface area contributed by atoms with Gasteiger partial charge >= 0.3 is 0 Å². The average molecular weight is 326 g/mol. The van der Waals surface area contributed by atoms with Crippen LogP contribution in [0.25, 0.3) is 0 Å². The molecular formula is C15H17BrFNO. The minimum Gasteiger partial charge on any atom is -0.388 e. The molecular weight excluding hydrogens is 309 g/mol. The molecule has 19 heavy (non-hydrogen) atoms. The van der Waals surface area contributed by atoms with Crippen molar-refractivity contribution in [2.45, 2.75) is 26.5 Å². The highest BCUT2D eigenvalue weighted by Crippen LogP contribution is 2.22. The maximum absolute atomic E-state index is 13.7. The number of benzene rings is 1. The molecule has 102 valence electrons. The van der Waals surface area contributed by atoms with Crippen molar-refractivity contribution in [2.75, 3.05) is 0 Å². The molecule has 0 spiro atoms. The molecule has 1 aromatic heterocycles. The van der Waals surface area contributed by atoms with Crippen molar-refractivity contribution in [1.29, 1.82) is 0 Å². The number of hydrogen-bond donors (Lipinski definition) is 1. The Hall–Kier alpha value is -1.13. The van der Waals surface area contributed by atoms with E-state index in [4.69, 9.17) is 0 Å². The minimum absolute atomic E-state index is 0.167. The van der Waals surface area contributed by atoms with Gasteiger partial charge in [-0.1, -0.05) is 35.8 Å². The van der Waals surface area contributed by atoms with Gasteiger partial charge < -0.3 is 9.67 Å². The number of nitrogens with zero attached hydrogens (tertiary/aromatic N) is 1. The summed E-state index contributed by atoms with van der Waals surface area (Å²) in [5.41, 5.74) is 1.50. The molecule has 1 unspecified atom stereocenters. The lowest BCUT2D eigenvalue weighted by Crippen LogP contribution is -2.05. The SMILES string of the molecule is CC(C)C(O)c1ccn(Cc2ccc(Br)cc2F)c1. The Bertz CT molecular complexity index is 565. The number of rotatable bonds is 4. The van der Waals surface area contributed by atoms with Crippen LogP contribution < -0.4 is 0 Å². The van der Waals surface area contributed by atoms with Crippen LogP contribution in [0.5, 0.6) is 0 Å². The van der Waals surface area contributed by atoms with E-state index in [2.05, 4.69) is 15.9 Å². The predicted octanol–water partition coefficient (Wildman–Crippen LogP) is 4.13. The van der Waals surface area contributed by atoms with Gasteiger partial charge in [-0.15, -0.1) is 0 Å². The van der Waals surface area contributed by atoms with E-state index in [1.165, 1.54) is 6.07 Å². The fraction of sp³-hybridized carbons (Fsp3) is 0.333. The molecule has 2 aromatic rings. The van der Waals surface area contributed by atoms with Crippen LogP contribution in [0.1, 0.15) is 31.1 Å². The highest BCUT2D eigenvalue weighted by Gasteiger charge is 2.13. The molecule has 0 saturated carbocycles. The van der Waals surface area contributed by atoms with Crippen LogP contribution in [0, 0.1) is 11.7 Å². The molecule has 0 amide bonds. The standard InChI is InChI=1S/C15H17BrFNO/c1-10(2)15(19)12-5-6-18(9-12)8-11-3-4-13(16)7-14(11)17/h3-7,9-10,15,19H,8H2,1-2H3. The summed E-state index contributed by atoms with van der Waals surface area (Å²) in [7, 11) is 0. The van der Waals surface area contributed by atoms with Gasteiger partial charge in [-0.3, -0.25) is 0 Å². The van der Waals surface area contributed by atoms with Crippen LogP contribution >= 0.6 is 15.9 Å². The Labute approximate surface area is 121 Å². The van der Waals surface area contributed by atoms with Gasteiger partial charge in [0.2, 0.25) is 0 Å². The highest BCUT2D eigenvalue weighted by molar-refractivity contribution is 9.10. The lowest BCUT2D eigenvalue weighted by molar-refractivity contribution is 0.127. The third-order valence-corrected chi connectivity index (χ3v) is 3.61. The van der Waals surface area contributed by atoms with E-state index < -0.39 is 6.10 Å². The summed E-state index contributed by atoms with van der Waals surface area (Å²) in [5, 5.41) is 9.97. The molecule has 0 fully saturated rings. The van der Waals surface area contributed by atoms with E-state index in [1.807, 2.05) is 42.9 Å². The minimum atomic E-state index is -0.476. The lowest BCUT2D eigenvalue weighted by Gasteiger charge is -2.12. The summed E-state index contributed by atoms with van der Waals surface area (Å²) in [6, 6.07) is 6.92. The molecule has 0 aliphatic carbocycles. The molecule has 2 nitrogen and oxygen atoms in total. The third kappa shape index (κ3) is 3.45. The Kier molecular flexibility index (Phi) is 4.42. The number of aliphatic hydroxyl groups is 1. The number of aliphatic hydroxyl groups excluding tert-OH is 1. The van der Waals surface area contributed by atoms with E-state index in [-0.39, 0.29) is 11.7 Å². The second-order valence-corrected chi connectivity index (χ2v) is 5.96. The van der Waals surface area contributed by atoms with E-state index >= 15 is 0 Å². The Morgan fingerprint density at radius 3 is 2.68 bits per heavy atom. The highest BCUT2D eigenvalue weighted by atomic mass is 79.9. The smallest absolute Gasteiger partial charge is 0.129 e. The second kappa shape index (κ2) is 5.88. The van der Waals surface area contributed by atoms with Gasteiger partial charge in [-0.05, 0) is 29.7 Å². The van der Waals surface area contributed by atoms with Crippen molar-refractivity contribution in [2.24, 2.45) is 5.92 Å². The van der Waals surface area contributed by atoms with Crippen molar-refractivity contribution in [1.82, 2.24) is 4.57 Å². The van der Waals surface area contributed by atoms with Gasteiger partial charge in [-0.2, -0.15) is 0 Å². The van der Waals surface area contributed by atoms with Gasteiger partial charge in [0.15, 0.2) is 0 Å². The van der Waals surface area contributed by atoms with Crippen LogP contribution in [0.2, 0.25) is 0 Å². The Morgan fingerprint density at radius 2 is 2.05 bits per heavy atom. The quantitative estimate of drug-likeness (QED) is 0.898. The first-order chi connectivity index (χ1) is 8.97. The molecule has 4 heteroatoms. The molecule has 1 heterocycles. The van der Waals surface area contributed by atoms with Gasteiger partial charge in [0.25, 0.3) is 0 Å². The maximum Gasteiger partial charge on any atom is 0.129 e. The Balaban J connectivity index is 2.16. The maximum atomic E-state index is 13.7. The van der Waals surface area contributed by atoms with Crippen LogP contribution in [0.3, 0.4) is 0 Å². The van der Waals surface area contributed by atoms with Crippen LogP contribution in [0.4, 0.5) is 4.39 Å². The third-order valence-electron chi connectivity index (χ3n) is 3.11. The van der Waals surface area contributed by atoms with E-state index in [0.717, 1.165) is 10.0 Å². The number of halogens is 2. The lowest BCUT2D eigenvalue weighted by atomic mass is 10.0. The molecule has 0 bridgehead atoms. The molecule has 0 aliphatic rings. The second-order valence-electron chi connectivity index (χ2n) is 5.04. The van der Waals surface area contributed by atoms with Crippen molar-refractivity contribution < 1.29 is 9.50 Å². The van der Waals surface area contributed by atoms with Gasteiger partial charge in [-0.25, -0.2) is 4.39 Å². The summed E-state index contributed by atoms with van der Waals surface area (Å²) < 4.78 is 16.4. The molecule has 1 atom stereocenters. The van der Waals surface area contributed by atoms with Gasteiger partial charge in [0, 0.05) is 29.0 Å². The summed E-state index contributed by atoms with van der Waals surface area (Å²) in [4.78, 5) is 0. The normalized spacial score (nSPS) is 12.9. The zero-order valence-electron chi connectivity index (χ0n) is 11.0. The predicted molar refractivity (Wildman–Crippen MR) is 77.4 cm³/mol. The Morgan fingerprint density at radius 1 is 1.32 bits per heavy atom.